The quantitative estimate of drug-likeness (QED) is 0.465. The molecule has 0 aromatic carbocycles. The van der Waals surface area contributed by atoms with E-state index in [9.17, 15) is 26.7 Å². The molecule has 0 radical (unpaired) electrons. The third-order valence-electron chi connectivity index (χ3n) is 5.65. The number of amides is 1. The van der Waals surface area contributed by atoms with Gasteiger partial charge >= 0.3 is 12.1 Å². The lowest BCUT2D eigenvalue weighted by molar-refractivity contribution is -0.137. The normalized spacial score (nSPS) is 17.1. The molecule has 1 unspecified atom stereocenters. The number of halogens is 5. The summed E-state index contributed by atoms with van der Waals surface area (Å²) < 4.78 is 69.0. The molecule has 0 saturated carbocycles. The van der Waals surface area contributed by atoms with E-state index < -0.39 is 22.9 Å². The van der Waals surface area contributed by atoms with Crippen molar-refractivity contribution >= 4 is 22.2 Å². The highest BCUT2D eigenvalue weighted by Gasteiger charge is 2.39. The maximum Gasteiger partial charge on any atom is 0.443 e. The summed E-state index contributed by atoms with van der Waals surface area (Å²) in [6.45, 7) is 6.68. The standard InChI is InChI=1S/C21H23F5N8OS/c1-11-9-32(5-6-33(11)15(35)10-34-13(3)29-12(2)31-34)17-16(30-19(36-17)21(24,25)26)14-7-27-18(28-8-14)20(4,22)23/h7-8,11H,5-6,9-10H2,1-4H3. The minimum atomic E-state index is -4.69. The second-order valence-electron chi connectivity index (χ2n) is 8.60. The van der Waals surface area contributed by atoms with E-state index in [0.717, 1.165) is 12.4 Å². The summed E-state index contributed by atoms with van der Waals surface area (Å²) in [6.07, 6.45) is -2.60. The summed E-state index contributed by atoms with van der Waals surface area (Å²) in [5.74, 6) is -3.05. The molecule has 4 heterocycles. The van der Waals surface area contributed by atoms with E-state index in [0.29, 0.717) is 29.9 Å². The topological polar surface area (TPSA) is 92.9 Å². The van der Waals surface area contributed by atoms with Crippen LogP contribution in [0.2, 0.25) is 0 Å². The van der Waals surface area contributed by atoms with E-state index in [-0.39, 0.29) is 54.4 Å². The van der Waals surface area contributed by atoms with Crippen LogP contribution in [0.4, 0.5) is 27.0 Å². The Morgan fingerprint density at radius 3 is 2.31 bits per heavy atom. The summed E-state index contributed by atoms with van der Waals surface area (Å²) >= 11 is 0.457. The second-order valence-corrected chi connectivity index (χ2v) is 9.58. The fraction of sp³-hybridized carbons (Fsp3) is 0.524. The largest absolute Gasteiger partial charge is 0.443 e. The molecule has 0 spiro atoms. The van der Waals surface area contributed by atoms with Crippen molar-refractivity contribution in [3.8, 4) is 11.3 Å². The van der Waals surface area contributed by atoms with Gasteiger partial charge in [0.05, 0.1) is 0 Å². The Hall–Kier alpha value is -3.23. The van der Waals surface area contributed by atoms with Crippen molar-refractivity contribution in [1.29, 1.82) is 0 Å². The molecule has 1 atom stereocenters. The first-order chi connectivity index (χ1) is 16.7. The van der Waals surface area contributed by atoms with Crippen molar-refractivity contribution in [3.63, 3.8) is 0 Å². The Balaban J connectivity index is 1.57. The predicted molar refractivity (Wildman–Crippen MR) is 121 cm³/mol. The van der Waals surface area contributed by atoms with Crippen LogP contribution in [0.5, 0.6) is 0 Å². The van der Waals surface area contributed by atoms with Crippen LogP contribution in [0.15, 0.2) is 12.4 Å². The maximum atomic E-state index is 13.5. The first-order valence-corrected chi connectivity index (χ1v) is 11.8. The van der Waals surface area contributed by atoms with Crippen LogP contribution in [-0.4, -0.2) is 66.2 Å². The highest BCUT2D eigenvalue weighted by molar-refractivity contribution is 7.16. The highest BCUT2D eigenvalue weighted by atomic mass is 32.1. The summed E-state index contributed by atoms with van der Waals surface area (Å²) in [5, 5.41) is 3.34. The van der Waals surface area contributed by atoms with Crippen LogP contribution >= 0.6 is 11.3 Å². The molecule has 0 aliphatic carbocycles. The van der Waals surface area contributed by atoms with Gasteiger partial charge in [0.1, 0.15) is 28.9 Å². The lowest BCUT2D eigenvalue weighted by atomic mass is 10.1. The molecule has 4 rings (SSSR count). The van der Waals surface area contributed by atoms with Gasteiger partial charge in [-0.3, -0.25) is 4.79 Å². The van der Waals surface area contributed by atoms with Gasteiger partial charge in [-0.2, -0.15) is 27.1 Å². The number of hydrogen-bond acceptors (Lipinski definition) is 8. The zero-order valence-corrected chi connectivity index (χ0v) is 20.7. The molecule has 1 amide bonds. The van der Waals surface area contributed by atoms with E-state index in [2.05, 4.69) is 25.0 Å². The van der Waals surface area contributed by atoms with Gasteiger partial charge in [0, 0.05) is 50.6 Å². The van der Waals surface area contributed by atoms with Gasteiger partial charge in [0.15, 0.2) is 5.82 Å². The Bertz CT molecular complexity index is 1250. The fourth-order valence-corrected chi connectivity index (χ4v) is 4.95. The van der Waals surface area contributed by atoms with E-state index in [1.807, 2.05) is 0 Å². The van der Waals surface area contributed by atoms with Gasteiger partial charge < -0.3 is 9.80 Å². The zero-order valence-electron chi connectivity index (χ0n) is 19.8. The predicted octanol–water partition coefficient (Wildman–Crippen LogP) is 3.68. The van der Waals surface area contributed by atoms with Crippen LogP contribution in [0.25, 0.3) is 11.3 Å². The minimum absolute atomic E-state index is 0.00674. The van der Waals surface area contributed by atoms with Gasteiger partial charge in [-0.25, -0.2) is 24.6 Å². The lowest BCUT2D eigenvalue weighted by Gasteiger charge is -2.40. The molecule has 0 bridgehead atoms. The molecule has 15 heteroatoms. The van der Waals surface area contributed by atoms with Gasteiger partial charge in [0.25, 0.3) is 0 Å². The Morgan fingerprint density at radius 1 is 1.11 bits per heavy atom. The average molecular weight is 531 g/mol. The maximum absolute atomic E-state index is 13.5. The smallest absolute Gasteiger partial charge is 0.358 e. The first-order valence-electron chi connectivity index (χ1n) is 10.9. The van der Waals surface area contributed by atoms with Crippen molar-refractivity contribution < 1.29 is 26.7 Å². The minimum Gasteiger partial charge on any atom is -0.358 e. The molecule has 1 fully saturated rings. The third kappa shape index (κ3) is 5.29. The zero-order chi connectivity index (χ0) is 26.4. The highest BCUT2D eigenvalue weighted by Crippen LogP contribution is 2.43. The second kappa shape index (κ2) is 9.33. The van der Waals surface area contributed by atoms with Gasteiger partial charge in [-0.15, -0.1) is 0 Å². The van der Waals surface area contributed by atoms with Crippen molar-refractivity contribution in [2.75, 3.05) is 24.5 Å². The number of carbonyl (C=O) groups is 1. The number of nitrogens with zero attached hydrogens (tertiary/aromatic N) is 8. The average Bonchev–Trinajstić information content (AvgIpc) is 3.36. The van der Waals surface area contributed by atoms with Crippen molar-refractivity contribution in [1.82, 2.24) is 34.6 Å². The van der Waals surface area contributed by atoms with Gasteiger partial charge in [-0.05, 0) is 20.8 Å². The molecule has 1 saturated heterocycles. The Morgan fingerprint density at radius 2 is 1.78 bits per heavy atom. The van der Waals surface area contributed by atoms with E-state index in [1.165, 1.54) is 4.68 Å². The molecule has 9 nitrogen and oxygen atoms in total. The molecule has 0 N–H and O–H groups in total. The summed E-state index contributed by atoms with van der Waals surface area (Å²) in [7, 11) is 0. The van der Waals surface area contributed by atoms with Crippen LogP contribution < -0.4 is 4.90 Å². The van der Waals surface area contributed by atoms with Crippen molar-refractivity contribution in [2.24, 2.45) is 0 Å². The van der Waals surface area contributed by atoms with Gasteiger partial charge in [0.2, 0.25) is 10.9 Å². The molecule has 1 aliphatic heterocycles. The van der Waals surface area contributed by atoms with Crippen LogP contribution in [0.1, 0.15) is 36.3 Å². The number of alkyl halides is 5. The molecule has 194 valence electrons. The van der Waals surface area contributed by atoms with Gasteiger partial charge in [-0.1, -0.05) is 11.3 Å². The number of thiazole rings is 1. The number of piperazine rings is 1. The molecule has 3 aromatic rings. The van der Waals surface area contributed by atoms with Crippen molar-refractivity contribution in [3.05, 3.63) is 34.9 Å². The first kappa shape index (κ1) is 25.9. The number of aryl methyl sites for hydroxylation is 2. The summed E-state index contributed by atoms with van der Waals surface area (Å²) in [5.41, 5.74) is 0.0481. The van der Waals surface area contributed by atoms with E-state index in [4.69, 9.17) is 0 Å². The van der Waals surface area contributed by atoms with Crippen LogP contribution in [0.3, 0.4) is 0 Å². The molecular weight excluding hydrogens is 507 g/mol. The molecule has 36 heavy (non-hydrogen) atoms. The Kier molecular flexibility index (Phi) is 6.70. The molecule has 1 aliphatic rings. The van der Waals surface area contributed by atoms with Crippen LogP contribution in [0, 0.1) is 13.8 Å². The van der Waals surface area contributed by atoms with E-state index in [1.54, 1.807) is 30.6 Å². The summed E-state index contributed by atoms with van der Waals surface area (Å²) in [4.78, 5) is 31.4. The molecular formula is C21H23F5N8OS. The third-order valence-corrected chi connectivity index (χ3v) is 6.81. The summed E-state index contributed by atoms with van der Waals surface area (Å²) in [6, 6.07) is -0.321. The SMILES string of the molecule is Cc1nc(C)n(CC(=O)N2CCN(c3sc(C(F)(F)F)nc3-c3cnc(C(C)(F)F)nc3)CC2C)n1. The van der Waals surface area contributed by atoms with Crippen molar-refractivity contribution in [2.45, 2.75) is 52.4 Å². The number of rotatable bonds is 5. The van der Waals surface area contributed by atoms with E-state index >= 15 is 0 Å². The monoisotopic (exact) mass is 530 g/mol. The number of hydrogen-bond donors (Lipinski definition) is 0. The van der Waals surface area contributed by atoms with Crippen LogP contribution in [-0.2, 0) is 23.4 Å². The fourth-order valence-electron chi connectivity index (χ4n) is 3.96. The number of anilines is 1. The number of aromatic nitrogens is 6. The number of carbonyl (C=O) groups excluding carboxylic acids is 1. The Labute approximate surface area is 207 Å². The molecule has 3 aromatic heterocycles. The lowest BCUT2D eigenvalue weighted by Crippen LogP contribution is -2.54.